The van der Waals surface area contributed by atoms with E-state index in [9.17, 15) is 17.6 Å². The molecule has 1 saturated heterocycles. The summed E-state index contributed by atoms with van der Waals surface area (Å²) in [4.78, 5) is 15.8. The number of benzene rings is 1. The van der Waals surface area contributed by atoms with E-state index in [1.165, 1.54) is 4.31 Å². The largest absolute Gasteiger partial charge is 0.489 e. The number of sulfonamides is 1. The minimum absolute atomic E-state index is 0.00426. The van der Waals surface area contributed by atoms with E-state index in [0.29, 0.717) is 50.9 Å². The lowest BCUT2D eigenvalue weighted by Gasteiger charge is -2.36. The number of amides is 1. The van der Waals surface area contributed by atoms with Gasteiger partial charge in [-0.1, -0.05) is 6.07 Å². The minimum Gasteiger partial charge on any atom is -0.489 e. The average molecular weight is 576 g/mol. The highest BCUT2D eigenvalue weighted by atomic mass is 127. The van der Waals surface area contributed by atoms with Crippen LogP contribution in [0.25, 0.3) is 0 Å². The topological polar surface area (TPSA) is 66.9 Å². The molecule has 2 heterocycles. The van der Waals surface area contributed by atoms with E-state index >= 15 is 0 Å². The first-order chi connectivity index (χ1) is 15.1. The van der Waals surface area contributed by atoms with Gasteiger partial charge in [0.15, 0.2) is 3.68 Å². The fourth-order valence-corrected chi connectivity index (χ4v) is 8.80. The molecular formula is C23H30FIN2O4S. The summed E-state index contributed by atoms with van der Waals surface area (Å²) in [6.07, 6.45) is 3.81. The van der Waals surface area contributed by atoms with Crippen LogP contribution in [-0.4, -0.2) is 58.5 Å². The Hall–Kier alpha value is -0.940. The minimum atomic E-state index is -3.89. The first-order valence-electron chi connectivity index (χ1n) is 11.6. The van der Waals surface area contributed by atoms with Crippen LogP contribution in [-0.2, 0) is 14.8 Å². The molecular weight excluding hydrogens is 546 g/mol. The number of ether oxygens (including phenoxy) is 1. The molecule has 2 aliphatic carbocycles. The molecule has 3 fully saturated rings. The number of carbonyl (C=O) groups excluding carboxylic acids is 1. The molecule has 4 aliphatic rings. The number of nitrogens with zero attached hydrogens (tertiary/aromatic N) is 2. The highest BCUT2D eigenvalue weighted by Crippen LogP contribution is 2.67. The van der Waals surface area contributed by atoms with Gasteiger partial charge >= 0.3 is 0 Å². The Labute approximate surface area is 203 Å². The highest BCUT2D eigenvalue weighted by molar-refractivity contribution is 14.1. The Balaban J connectivity index is 1.49. The molecule has 6 nitrogen and oxygen atoms in total. The van der Waals surface area contributed by atoms with E-state index in [0.717, 1.165) is 12.0 Å². The summed E-state index contributed by atoms with van der Waals surface area (Å²) in [6, 6.07) is 4.44. The van der Waals surface area contributed by atoms with Crippen molar-refractivity contribution in [2.45, 2.75) is 79.1 Å². The molecule has 0 aromatic heterocycles. The molecule has 2 saturated carbocycles. The number of fused-ring (bicyclic) bond motifs is 3. The summed E-state index contributed by atoms with van der Waals surface area (Å²) in [5, 5.41) is 0. The molecule has 3 unspecified atom stereocenters. The Kier molecular flexibility index (Phi) is 5.76. The lowest BCUT2D eigenvalue weighted by atomic mass is 10.1. The normalized spacial score (nSPS) is 39.3. The highest BCUT2D eigenvalue weighted by Gasteiger charge is 2.69. The van der Waals surface area contributed by atoms with Gasteiger partial charge in [-0.3, -0.25) is 4.79 Å². The molecule has 1 aromatic carbocycles. The number of rotatable bonds is 1. The molecule has 0 bridgehead atoms. The van der Waals surface area contributed by atoms with E-state index in [-0.39, 0.29) is 34.8 Å². The van der Waals surface area contributed by atoms with Crippen LogP contribution in [0.2, 0.25) is 0 Å². The maximum Gasteiger partial charge on any atom is 0.247 e. The van der Waals surface area contributed by atoms with Crippen LogP contribution < -0.4 is 4.74 Å². The lowest BCUT2D eigenvalue weighted by molar-refractivity contribution is -0.137. The van der Waals surface area contributed by atoms with Gasteiger partial charge in [-0.2, -0.15) is 4.31 Å². The second-order valence-corrected chi connectivity index (χ2v) is 13.4. The molecule has 176 valence electrons. The lowest BCUT2D eigenvalue weighted by Crippen LogP contribution is -2.51. The zero-order valence-electron chi connectivity index (χ0n) is 18.5. The zero-order valence-corrected chi connectivity index (χ0v) is 21.4. The van der Waals surface area contributed by atoms with Gasteiger partial charge in [0.05, 0.1) is 6.10 Å². The van der Waals surface area contributed by atoms with Crippen molar-refractivity contribution < 1.29 is 22.3 Å². The Morgan fingerprint density at radius 1 is 1.16 bits per heavy atom. The first-order valence-corrected chi connectivity index (χ1v) is 14.1. The number of carbonyl (C=O) groups is 1. The number of hydrogen-bond acceptors (Lipinski definition) is 4. The van der Waals surface area contributed by atoms with Crippen LogP contribution in [0.3, 0.4) is 0 Å². The molecule has 1 amide bonds. The molecule has 32 heavy (non-hydrogen) atoms. The maximum absolute atomic E-state index is 14.4. The summed E-state index contributed by atoms with van der Waals surface area (Å²) < 4.78 is 48.1. The van der Waals surface area contributed by atoms with Crippen LogP contribution in [0.5, 0.6) is 5.75 Å². The fourth-order valence-electron chi connectivity index (χ4n) is 5.85. The van der Waals surface area contributed by atoms with Crippen molar-refractivity contribution in [3.63, 3.8) is 0 Å². The van der Waals surface area contributed by atoms with Crippen molar-refractivity contribution in [1.82, 2.24) is 9.21 Å². The third kappa shape index (κ3) is 3.76. The fraction of sp³-hybridized carbons (Fsp3) is 0.696. The summed E-state index contributed by atoms with van der Waals surface area (Å²) >= 11 is 1.91. The summed E-state index contributed by atoms with van der Waals surface area (Å²) in [7, 11) is -3.89. The van der Waals surface area contributed by atoms with Crippen LogP contribution >= 0.6 is 22.6 Å². The molecule has 0 N–H and O–H groups in total. The summed E-state index contributed by atoms with van der Waals surface area (Å²) in [5.74, 6) is 0.287. The van der Waals surface area contributed by atoms with Crippen molar-refractivity contribution in [3.8, 4) is 5.75 Å². The third-order valence-corrected chi connectivity index (χ3v) is 11.2. The molecule has 0 radical (unpaired) electrons. The second-order valence-electron chi connectivity index (χ2n) is 9.84. The smallest absolute Gasteiger partial charge is 0.247 e. The standard InChI is InChI=1S/C23H30FIN2O4S/c1-14-7-8-21-20(11-14)31-15(2)5-3-9-26(16-12-17-18(13-16)23(17,24)25)22(28)19-6-4-10-27(19)32(21,29)30/h7-8,11,15-19H,3-6,9-10,12-13H2,1-2H3/t15-,16?,17?,18?,19?,23?/m0/s1. The molecule has 4 atom stereocenters. The summed E-state index contributed by atoms with van der Waals surface area (Å²) in [6.45, 7) is 4.73. The SMILES string of the molecule is Cc1ccc2c(c1)O[C@@H](C)CCCN(C1CC3C(C1)C3(F)I)C(=O)C1CCCN1S2(=O)=O. The van der Waals surface area contributed by atoms with Gasteiger partial charge in [-0.15, -0.1) is 0 Å². The predicted octanol–water partition coefficient (Wildman–Crippen LogP) is 4.05. The van der Waals surface area contributed by atoms with E-state index in [1.54, 1.807) is 18.2 Å². The van der Waals surface area contributed by atoms with Gasteiger partial charge in [0.2, 0.25) is 15.9 Å². The number of hydrogen-bond donors (Lipinski definition) is 0. The molecule has 1 aromatic rings. The van der Waals surface area contributed by atoms with Crippen LogP contribution in [0.4, 0.5) is 4.39 Å². The zero-order chi connectivity index (χ0) is 22.8. The van der Waals surface area contributed by atoms with Gasteiger partial charge in [0, 0.05) is 31.0 Å². The number of aryl methyl sites for hydroxylation is 1. The van der Waals surface area contributed by atoms with Crippen molar-refractivity contribution in [1.29, 1.82) is 0 Å². The molecule has 0 spiro atoms. The quantitative estimate of drug-likeness (QED) is 0.374. The Bertz CT molecular complexity index is 1020. The van der Waals surface area contributed by atoms with Crippen molar-refractivity contribution >= 4 is 38.5 Å². The average Bonchev–Trinajstić information content (AvgIpc) is 3.18. The third-order valence-electron chi connectivity index (χ3n) is 7.65. The van der Waals surface area contributed by atoms with Crippen LogP contribution in [0.15, 0.2) is 23.1 Å². The Morgan fingerprint density at radius 2 is 1.84 bits per heavy atom. The molecule has 2 aliphatic heterocycles. The van der Waals surface area contributed by atoms with E-state index < -0.39 is 19.7 Å². The number of alkyl halides is 2. The van der Waals surface area contributed by atoms with Gasteiger partial charge < -0.3 is 9.64 Å². The maximum atomic E-state index is 14.4. The van der Waals surface area contributed by atoms with E-state index in [4.69, 9.17) is 4.74 Å². The van der Waals surface area contributed by atoms with E-state index in [2.05, 4.69) is 0 Å². The van der Waals surface area contributed by atoms with Gasteiger partial charge in [-0.05, 0) is 92.7 Å². The Morgan fingerprint density at radius 3 is 2.56 bits per heavy atom. The monoisotopic (exact) mass is 576 g/mol. The van der Waals surface area contributed by atoms with Gasteiger partial charge in [-0.25, -0.2) is 12.8 Å². The van der Waals surface area contributed by atoms with Crippen molar-refractivity contribution in [3.05, 3.63) is 23.8 Å². The van der Waals surface area contributed by atoms with Crippen LogP contribution in [0, 0.1) is 18.8 Å². The molecule has 9 heteroatoms. The number of halogens is 2. The predicted molar refractivity (Wildman–Crippen MR) is 127 cm³/mol. The van der Waals surface area contributed by atoms with Gasteiger partial charge in [0.25, 0.3) is 0 Å². The van der Waals surface area contributed by atoms with Crippen molar-refractivity contribution in [2.75, 3.05) is 13.1 Å². The van der Waals surface area contributed by atoms with Crippen LogP contribution in [0.1, 0.15) is 51.0 Å². The van der Waals surface area contributed by atoms with Crippen molar-refractivity contribution in [2.24, 2.45) is 11.8 Å². The van der Waals surface area contributed by atoms with E-state index in [1.807, 2.05) is 41.3 Å². The molecule has 5 rings (SSSR count). The van der Waals surface area contributed by atoms with Gasteiger partial charge in [0.1, 0.15) is 16.7 Å². The first kappa shape index (κ1) is 22.8. The second kappa shape index (κ2) is 8.08. The summed E-state index contributed by atoms with van der Waals surface area (Å²) in [5.41, 5.74) is 0.928.